The number of halogens is 2. The van der Waals surface area contributed by atoms with Crippen LogP contribution >= 0.6 is 23.2 Å². The van der Waals surface area contributed by atoms with Crippen LogP contribution in [-0.2, 0) is 19.1 Å². The maximum atomic E-state index is 11.5. The first kappa shape index (κ1) is 22.5. The van der Waals surface area contributed by atoms with E-state index >= 15 is 0 Å². The maximum Gasteiger partial charge on any atom is 0.305 e. The molecule has 0 heterocycles. The molecule has 0 aliphatic rings. The molecule has 0 radical (unpaired) electrons. The molecule has 4 nitrogen and oxygen atoms in total. The lowest BCUT2D eigenvalue weighted by molar-refractivity contribution is -0.145. The summed E-state index contributed by atoms with van der Waals surface area (Å²) in [7, 11) is 0. The van der Waals surface area contributed by atoms with Gasteiger partial charge in [0, 0.05) is 12.8 Å². The Balaban J connectivity index is 3.32. The maximum absolute atomic E-state index is 11.5. The van der Waals surface area contributed by atoms with Crippen LogP contribution in [0.15, 0.2) is 0 Å². The predicted octanol–water partition coefficient (Wildman–Crippen LogP) is 5.19. The van der Waals surface area contributed by atoms with Crippen molar-refractivity contribution in [1.82, 2.24) is 0 Å². The predicted molar refractivity (Wildman–Crippen MR) is 93.9 cm³/mol. The van der Waals surface area contributed by atoms with Crippen molar-refractivity contribution in [3.8, 4) is 0 Å². The molecule has 6 heteroatoms. The molecule has 0 bridgehead atoms. The topological polar surface area (TPSA) is 52.6 Å². The fraction of sp³-hybridized carbons (Fsp3) is 0.882. The molecule has 0 saturated carbocycles. The summed E-state index contributed by atoms with van der Waals surface area (Å²) >= 11 is 10.9. The Morgan fingerprint density at radius 1 is 0.783 bits per heavy atom. The zero-order chi connectivity index (χ0) is 17.3. The number of esters is 2. The van der Waals surface area contributed by atoms with Gasteiger partial charge in [-0.2, -0.15) is 0 Å². The average molecular weight is 369 g/mol. The summed E-state index contributed by atoms with van der Waals surface area (Å²) in [5, 5.41) is 0. The van der Waals surface area contributed by atoms with Crippen LogP contribution in [0.3, 0.4) is 0 Å². The molecule has 23 heavy (non-hydrogen) atoms. The van der Waals surface area contributed by atoms with E-state index in [2.05, 4.69) is 6.92 Å². The van der Waals surface area contributed by atoms with Gasteiger partial charge in [0.1, 0.15) is 11.4 Å². The van der Waals surface area contributed by atoms with E-state index in [-0.39, 0.29) is 25.0 Å². The minimum absolute atomic E-state index is 0.00241. The quantitative estimate of drug-likeness (QED) is 0.227. The fourth-order valence-electron chi connectivity index (χ4n) is 2.08. The molecule has 0 unspecified atom stereocenters. The highest BCUT2D eigenvalue weighted by atomic mass is 35.5. The highest BCUT2D eigenvalue weighted by Crippen LogP contribution is 2.08. The minimum atomic E-state index is -0.694. The van der Waals surface area contributed by atoms with Gasteiger partial charge in [0.2, 0.25) is 0 Å². The van der Waals surface area contributed by atoms with E-state index in [1.165, 1.54) is 32.1 Å². The molecular formula is C17H30Cl2O4. The SMILES string of the molecule is CCCCCCCCCOC(=O)CCCCC(=O)OCC(Cl)Cl. The molecule has 136 valence electrons. The summed E-state index contributed by atoms with van der Waals surface area (Å²) in [5.41, 5.74) is 0. The molecule has 0 rings (SSSR count). The smallest absolute Gasteiger partial charge is 0.305 e. The first-order chi connectivity index (χ1) is 11.1. The van der Waals surface area contributed by atoms with E-state index in [1.807, 2.05) is 0 Å². The number of rotatable bonds is 15. The van der Waals surface area contributed by atoms with Crippen LogP contribution in [0.1, 0.15) is 77.6 Å². The lowest BCUT2D eigenvalue weighted by Gasteiger charge is -2.06. The number of carbonyl (C=O) groups is 2. The van der Waals surface area contributed by atoms with Crippen molar-refractivity contribution >= 4 is 35.1 Å². The van der Waals surface area contributed by atoms with Crippen molar-refractivity contribution in [3.63, 3.8) is 0 Å². The number of ether oxygens (including phenoxy) is 2. The summed E-state index contributed by atoms with van der Waals surface area (Å²) in [5.74, 6) is -0.529. The second-order valence-corrected chi connectivity index (χ2v) is 6.90. The molecule has 0 N–H and O–H groups in total. The molecule has 0 fully saturated rings. The number of hydrogen-bond donors (Lipinski definition) is 0. The Bertz CT molecular complexity index is 309. The molecule has 0 aromatic carbocycles. The fourth-order valence-corrected chi connectivity index (χ4v) is 2.21. The Kier molecular flexibility index (Phi) is 16.0. The summed E-state index contributed by atoms with van der Waals surface area (Å²) in [6, 6.07) is 0. The van der Waals surface area contributed by atoms with Gasteiger partial charge in [-0.3, -0.25) is 9.59 Å². The highest BCUT2D eigenvalue weighted by Gasteiger charge is 2.07. The average Bonchev–Trinajstić information content (AvgIpc) is 2.52. The molecule has 0 amide bonds. The summed E-state index contributed by atoms with van der Waals surface area (Å²) in [4.78, 5) is 22.1. The van der Waals surface area contributed by atoms with Crippen molar-refractivity contribution in [2.24, 2.45) is 0 Å². The van der Waals surface area contributed by atoms with E-state index < -0.39 is 4.84 Å². The second kappa shape index (κ2) is 16.4. The van der Waals surface area contributed by atoms with Crippen LogP contribution in [-0.4, -0.2) is 30.0 Å². The summed E-state index contributed by atoms with van der Waals surface area (Å²) in [6.07, 6.45) is 10.2. The Hall–Kier alpha value is -0.480. The summed E-state index contributed by atoms with van der Waals surface area (Å²) < 4.78 is 9.98. The van der Waals surface area contributed by atoms with Gasteiger partial charge in [-0.15, -0.1) is 23.2 Å². The zero-order valence-electron chi connectivity index (χ0n) is 14.2. The monoisotopic (exact) mass is 368 g/mol. The third kappa shape index (κ3) is 17.7. The lowest BCUT2D eigenvalue weighted by atomic mass is 10.1. The number of carbonyl (C=O) groups excluding carboxylic acids is 2. The van der Waals surface area contributed by atoms with Crippen LogP contribution in [0.2, 0.25) is 0 Å². The summed E-state index contributed by atoms with van der Waals surface area (Å²) in [6.45, 7) is 2.71. The minimum Gasteiger partial charge on any atom is -0.466 e. The van der Waals surface area contributed by atoms with Gasteiger partial charge in [-0.25, -0.2) is 0 Å². The van der Waals surface area contributed by atoms with Crippen LogP contribution in [0.5, 0.6) is 0 Å². The molecule has 0 aromatic rings. The third-order valence-corrected chi connectivity index (χ3v) is 3.65. The molecule has 0 aromatic heterocycles. The zero-order valence-corrected chi connectivity index (χ0v) is 15.7. The largest absolute Gasteiger partial charge is 0.466 e. The molecular weight excluding hydrogens is 339 g/mol. The van der Waals surface area contributed by atoms with Crippen LogP contribution in [0.25, 0.3) is 0 Å². The second-order valence-electron chi connectivity index (χ2n) is 5.62. The van der Waals surface area contributed by atoms with Crippen molar-refractivity contribution in [1.29, 1.82) is 0 Å². The third-order valence-electron chi connectivity index (χ3n) is 3.39. The Morgan fingerprint density at radius 3 is 1.87 bits per heavy atom. The Labute approximate surface area is 150 Å². The molecule has 0 aliphatic heterocycles. The van der Waals surface area contributed by atoms with Crippen molar-refractivity contribution < 1.29 is 19.1 Å². The number of alkyl halides is 2. The standard InChI is InChI=1S/C17H30Cl2O4/c1-2-3-4-5-6-7-10-13-22-16(20)11-8-9-12-17(21)23-14-15(18)19/h15H,2-14H2,1H3. The van der Waals surface area contributed by atoms with Gasteiger partial charge < -0.3 is 9.47 Å². The van der Waals surface area contributed by atoms with Crippen molar-refractivity contribution in [2.75, 3.05) is 13.2 Å². The van der Waals surface area contributed by atoms with Crippen molar-refractivity contribution in [2.45, 2.75) is 82.4 Å². The van der Waals surface area contributed by atoms with E-state index in [4.69, 9.17) is 32.7 Å². The lowest BCUT2D eigenvalue weighted by Crippen LogP contribution is -2.10. The van der Waals surface area contributed by atoms with Gasteiger partial charge >= 0.3 is 11.9 Å². The molecule has 0 saturated heterocycles. The van der Waals surface area contributed by atoms with Gasteiger partial charge in [0.25, 0.3) is 0 Å². The highest BCUT2D eigenvalue weighted by molar-refractivity contribution is 6.44. The van der Waals surface area contributed by atoms with E-state index in [1.54, 1.807) is 0 Å². The first-order valence-corrected chi connectivity index (χ1v) is 9.53. The number of unbranched alkanes of at least 4 members (excludes halogenated alkanes) is 7. The van der Waals surface area contributed by atoms with Crippen molar-refractivity contribution in [3.05, 3.63) is 0 Å². The van der Waals surface area contributed by atoms with Gasteiger partial charge in [0.15, 0.2) is 0 Å². The number of hydrogen-bond acceptors (Lipinski definition) is 4. The van der Waals surface area contributed by atoms with Crippen LogP contribution in [0, 0.1) is 0 Å². The Morgan fingerprint density at radius 2 is 1.30 bits per heavy atom. The van der Waals surface area contributed by atoms with Crippen LogP contribution in [0.4, 0.5) is 0 Å². The van der Waals surface area contributed by atoms with Crippen LogP contribution < -0.4 is 0 Å². The molecule has 0 aliphatic carbocycles. The van der Waals surface area contributed by atoms with E-state index in [0.29, 0.717) is 25.9 Å². The first-order valence-electron chi connectivity index (χ1n) is 8.65. The van der Waals surface area contributed by atoms with Gasteiger partial charge in [-0.05, 0) is 19.3 Å². The normalized spacial score (nSPS) is 10.8. The molecule has 0 spiro atoms. The van der Waals surface area contributed by atoms with Gasteiger partial charge in [-0.1, -0.05) is 45.4 Å². The van der Waals surface area contributed by atoms with Gasteiger partial charge in [0.05, 0.1) is 6.61 Å². The molecule has 0 atom stereocenters. The van der Waals surface area contributed by atoms with E-state index in [9.17, 15) is 9.59 Å². The van der Waals surface area contributed by atoms with E-state index in [0.717, 1.165) is 12.8 Å².